The molecular weight excluding hydrogens is 476 g/mol. The number of pyridine rings is 2. The molecule has 2 fully saturated rings. The van der Waals surface area contributed by atoms with Gasteiger partial charge in [0, 0.05) is 43.5 Å². The van der Waals surface area contributed by atoms with Gasteiger partial charge in [0.25, 0.3) is 11.9 Å². The summed E-state index contributed by atoms with van der Waals surface area (Å²) in [6.45, 7) is 0.204. The van der Waals surface area contributed by atoms with E-state index in [-0.39, 0.29) is 43.3 Å². The number of aliphatic hydroxyl groups excluding tert-OH is 2. The Kier molecular flexibility index (Phi) is 5.97. The van der Waals surface area contributed by atoms with Crippen molar-refractivity contribution < 1.29 is 19.4 Å². The van der Waals surface area contributed by atoms with E-state index in [2.05, 4.69) is 30.6 Å². The standard InChI is InChI=1S/C25H28N8O4/c1-32-13-14(12-27-32)19-3-2-4-21(28-19)29-24(36)18-11-20-22(31-25(37-20)26-7-8-34)30-23(18)33-15-5-6-16(33)10-17(35)9-15/h2-4,11-13,15-17,34-35H,5-10H2,1H3,(H,26,30,31)(H,28,29,36). The van der Waals surface area contributed by atoms with Gasteiger partial charge in [0.05, 0.1) is 30.2 Å². The van der Waals surface area contributed by atoms with E-state index >= 15 is 0 Å². The van der Waals surface area contributed by atoms with Crippen molar-refractivity contribution in [2.45, 2.75) is 43.9 Å². The second-order valence-corrected chi connectivity index (χ2v) is 9.53. The molecule has 37 heavy (non-hydrogen) atoms. The van der Waals surface area contributed by atoms with Crippen molar-refractivity contribution >= 4 is 34.8 Å². The van der Waals surface area contributed by atoms with Gasteiger partial charge in [0.2, 0.25) is 5.65 Å². The zero-order valence-corrected chi connectivity index (χ0v) is 20.3. The van der Waals surface area contributed by atoms with Crippen LogP contribution >= 0.6 is 0 Å². The molecule has 4 aromatic heterocycles. The normalized spacial score (nSPS) is 20.9. The number of nitrogens with one attached hydrogen (secondary N) is 2. The maximum atomic E-state index is 13.7. The van der Waals surface area contributed by atoms with E-state index in [0.717, 1.165) is 18.4 Å². The first-order chi connectivity index (χ1) is 18.0. The van der Waals surface area contributed by atoms with Crippen LogP contribution < -0.4 is 15.5 Å². The number of aromatic nitrogens is 5. The molecule has 6 rings (SSSR count). The number of anilines is 3. The molecule has 2 unspecified atom stereocenters. The molecule has 4 N–H and O–H groups in total. The van der Waals surface area contributed by atoms with Gasteiger partial charge >= 0.3 is 0 Å². The Bertz CT molecular complexity index is 1440. The van der Waals surface area contributed by atoms with E-state index in [1.807, 2.05) is 25.4 Å². The van der Waals surface area contributed by atoms with Gasteiger partial charge in [-0.15, -0.1) is 0 Å². The molecule has 2 aliphatic heterocycles. The van der Waals surface area contributed by atoms with E-state index in [9.17, 15) is 9.90 Å². The van der Waals surface area contributed by atoms with Crippen molar-refractivity contribution in [2.24, 2.45) is 7.05 Å². The van der Waals surface area contributed by atoms with Gasteiger partial charge in [-0.1, -0.05) is 6.07 Å². The first kappa shape index (κ1) is 23.4. The molecule has 4 aromatic rings. The van der Waals surface area contributed by atoms with Crippen LogP contribution in [0.25, 0.3) is 22.5 Å². The lowest BCUT2D eigenvalue weighted by molar-refractivity contribution is 0.102. The summed E-state index contributed by atoms with van der Waals surface area (Å²) in [7, 11) is 1.83. The highest BCUT2D eigenvalue weighted by atomic mass is 16.4. The minimum Gasteiger partial charge on any atom is -0.422 e. The van der Waals surface area contributed by atoms with Crippen LogP contribution in [0.15, 0.2) is 41.1 Å². The molecule has 6 heterocycles. The molecule has 0 saturated carbocycles. The van der Waals surface area contributed by atoms with Gasteiger partial charge in [0.1, 0.15) is 11.6 Å². The fraction of sp³-hybridized carbons (Fsp3) is 0.400. The molecule has 0 spiro atoms. The van der Waals surface area contributed by atoms with E-state index in [0.29, 0.717) is 47.0 Å². The van der Waals surface area contributed by atoms with Crippen LogP contribution in [0.5, 0.6) is 0 Å². The Labute approximate surface area is 212 Å². The lowest BCUT2D eigenvalue weighted by Crippen LogP contribution is -2.46. The first-order valence-electron chi connectivity index (χ1n) is 12.4. The highest BCUT2D eigenvalue weighted by Gasteiger charge is 2.42. The van der Waals surface area contributed by atoms with Gasteiger partial charge in [-0.2, -0.15) is 10.1 Å². The topological polar surface area (TPSA) is 154 Å². The number of rotatable bonds is 7. The first-order valence-corrected chi connectivity index (χ1v) is 12.4. The highest BCUT2D eigenvalue weighted by molar-refractivity contribution is 6.09. The van der Waals surface area contributed by atoms with Crippen LogP contribution in [-0.4, -0.2) is 72.2 Å². The summed E-state index contributed by atoms with van der Waals surface area (Å²) in [6.07, 6.45) is 6.35. The SMILES string of the molecule is Cn1cc(-c2cccc(NC(=O)c3cc4oc(NCCO)nc4nc3N3C4CCC3CC(O)C4)n2)cn1. The third-order valence-corrected chi connectivity index (χ3v) is 6.94. The van der Waals surface area contributed by atoms with Crippen molar-refractivity contribution in [3.63, 3.8) is 0 Å². The Morgan fingerprint density at radius 2 is 2.00 bits per heavy atom. The fourth-order valence-electron chi connectivity index (χ4n) is 5.35. The number of carbonyl (C=O) groups excluding carboxylic acids is 1. The maximum Gasteiger partial charge on any atom is 0.297 e. The lowest BCUT2D eigenvalue weighted by Gasteiger charge is -2.38. The summed E-state index contributed by atoms with van der Waals surface area (Å²) in [4.78, 5) is 29.6. The van der Waals surface area contributed by atoms with Crippen LogP contribution in [0.2, 0.25) is 0 Å². The molecular formula is C25H28N8O4. The average Bonchev–Trinajstić information content (AvgIpc) is 3.57. The number of carbonyl (C=O) groups is 1. The summed E-state index contributed by atoms with van der Waals surface area (Å²) in [5.74, 6) is 0.555. The monoisotopic (exact) mass is 504 g/mol. The quantitative estimate of drug-likeness (QED) is 0.294. The summed E-state index contributed by atoms with van der Waals surface area (Å²) in [6, 6.07) is 7.48. The lowest BCUT2D eigenvalue weighted by atomic mass is 9.99. The van der Waals surface area contributed by atoms with Gasteiger partial charge < -0.3 is 30.2 Å². The molecule has 12 heteroatoms. The molecule has 12 nitrogen and oxygen atoms in total. The molecule has 1 amide bonds. The van der Waals surface area contributed by atoms with Gasteiger partial charge in [-0.3, -0.25) is 9.48 Å². The highest BCUT2D eigenvalue weighted by Crippen LogP contribution is 2.41. The van der Waals surface area contributed by atoms with E-state index < -0.39 is 0 Å². The molecule has 0 aromatic carbocycles. The largest absolute Gasteiger partial charge is 0.422 e. The Morgan fingerprint density at radius 1 is 1.19 bits per heavy atom. The number of oxazole rings is 1. The van der Waals surface area contributed by atoms with E-state index in [1.165, 1.54) is 0 Å². The number of aliphatic hydroxyl groups is 2. The number of hydrogen-bond acceptors (Lipinski definition) is 10. The number of aryl methyl sites for hydroxylation is 1. The van der Waals surface area contributed by atoms with E-state index in [4.69, 9.17) is 14.5 Å². The summed E-state index contributed by atoms with van der Waals surface area (Å²) in [5.41, 5.74) is 2.61. The molecule has 2 aliphatic rings. The third kappa shape index (κ3) is 4.49. The minimum atomic E-state index is -0.368. The van der Waals surface area contributed by atoms with Gasteiger partial charge in [0.15, 0.2) is 5.58 Å². The van der Waals surface area contributed by atoms with Crippen molar-refractivity contribution in [3.05, 3.63) is 42.2 Å². The summed E-state index contributed by atoms with van der Waals surface area (Å²) >= 11 is 0. The van der Waals surface area contributed by atoms with Crippen molar-refractivity contribution in [2.75, 3.05) is 28.7 Å². The zero-order chi connectivity index (χ0) is 25.5. The number of hydrogen-bond donors (Lipinski definition) is 4. The van der Waals surface area contributed by atoms with Gasteiger partial charge in [-0.05, 0) is 37.8 Å². The Balaban J connectivity index is 1.37. The van der Waals surface area contributed by atoms with Crippen LogP contribution in [-0.2, 0) is 7.05 Å². The third-order valence-electron chi connectivity index (χ3n) is 6.94. The molecule has 2 bridgehead atoms. The molecule has 192 valence electrons. The smallest absolute Gasteiger partial charge is 0.297 e. The molecule has 0 radical (unpaired) electrons. The van der Waals surface area contributed by atoms with Gasteiger partial charge in [-0.25, -0.2) is 9.97 Å². The molecule has 2 saturated heterocycles. The number of nitrogens with zero attached hydrogens (tertiary/aromatic N) is 6. The second kappa shape index (κ2) is 9.45. The molecule has 2 atom stereocenters. The Morgan fingerprint density at radius 3 is 2.73 bits per heavy atom. The van der Waals surface area contributed by atoms with Crippen molar-refractivity contribution in [1.29, 1.82) is 0 Å². The number of fused-ring (bicyclic) bond motifs is 3. The maximum absolute atomic E-state index is 13.7. The van der Waals surface area contributed by atoms with Crippen molar-refractivity contribution in [3.8, 4) is 11.3 Å². The summed E-state index contributed by atoms with van der Waals surface area (Å²) < 4.78 is 7.45. The average molecular weight is 505 g/mol. The van der Waals surface area contributed by atoms with Crippen molar-refractivity contribution in [1.82, 2.24) is 24.7 Å². The zero-order valence-electron chi connectivity index (χ0n) is 20.3. The predicted molar refractivity (Wildman–Crippen MR) is 136 cm³/mol. The van der Waals surface area contributed by atoms with Crippen LogP contribution in [0.4, 0.5) is 17.7 Å². The van der Waals surface area contributed by atoms with Crippen LogP contribution in [0.1, 0.15) is 36.0 Å². The summed E-state index contributed by atoms with van der Waals surface area (Å²) in [5, 5.41) is 29.4. The molecule has 0 aliphatic carbocycles. The predicted octanol–water partition coefficient (Wildman–Crippen LogP) is 2.17. The Hall–Kier alpha value is -4.03. The van der Waals surface area contributed by atoms with E-state index in [1.54, 1.807) is 23.0 Å². The second-order valence-electron chi connectivity index (χ2n) is 9.53. The fourth-order valence-corrected chi connectivity index (χ4v) is 5.35. The number of amides is 1. The minimum absolute atomic E-state index is 0.0738. The van der Waals surface area contributed by atoms with Crippen LogP contribution in [0.3, 0.4) is 0 Å². The number of piperidine rings is 1. The van der Waals surface area contributed by atoms with Crippen LogP contribution in [0, 0.1) is 0 Å².